The van der Waals surface area contributed by atoms with Gasteiger partial charge in [0.1, 0.15) is 6.04 Å². The second kappa shape index (κ2) is 16.7. The Kier molecular flexibility index (Phi) is 13.7. The van der Waals surface area contributed by atoms with Crippen molar-refractivity contribution in [2.75, 3.05) is 27.2 Å². The molecule has 1 fully saturated rings. The van der Waals surface area contributed by atoms with Gasteiger partial charge >= 0.3 is 0 Å². The lowest BCUT2D eigenvalue weighted by molar-refractivity contribution is -0.169. The molecule has 1 saturated heterocycles. The number of nitrogens with one attached hydrogen (secondary N) is 2. The molecule has 2 aromatic carbocycles. The summed E-state index contributed by atoms with van der Waals surface area (Å²) in [5, 5.41) is 5.73. The summed E-state index contributed by atoms with van der Waals surface area (Å²) >= 11 is 0. The van der Waals surface area contributed by atoms with Crippen LogP contribution in [0.15, 0.2) is 54.6 Å². The summed E-state index contributed by atoms with van der Waals surface area (Å²) in [5.41, 5.74) is 2.06. The van der Waals surface area contributed by atoms with Crippen LogP contribution < -0.4 is 10.6 Å². The van der Waals surface area contributed by atoms with Gasteiger partial charge in [0.25, 0.3) is 5.91 Å². The van der Waals surface area contributed by atoms with Crippen molar-refractivity contribution in [3.63, 3.8) is 0 Å². The van der Waals surface area contributed by atoms with E-state index in [2.05, 4.69) is 36.6 Å². The van der Waals surface area contributed by atoms with Gasteiger partial charge in [-0.1, -0.05) is 94.1 Å². The van der Waals surface area contributed by atoms with Crippen molar-refractivity contribution in [2.45, 2.75) is 83.8 Å². The molecule has 0 aromatic heterocycles. The minimum atomic E-state index is -1.05. The van der Waals surface area contributed by atoms with E-state index in [0.29, 0.717) is 19.4 Å². The number of unbranched alkanes of at least 4 members (excludes halogenated alkanes) is 4. The third kappa shape index (κ3) is 8.40. The highest BCUT2D eigenvalue weighted by Crippen LogP contribution is 2.39. The number of carbonyl (C=O) groups excluding carboxylic acids is 3. The predicted octanol–water partition coefficient (Wildman–Crippen LogP) is 4.65. The van der Waals surface area contributed by atoms with E-state index >= 15 is 0 Å². The molecule has 0 aliphatic carbocycles. The molecule has 3 amide bonds. The van der Waals surface area contributed by atoms with Crippen molar-refractivity contribution in [3.05, 3.63) is 71.3 Å². The van der Waals surface area contributed by atoms with Crippen molar-refractivity contribution in [3.8, 4) is 0 Å². The molecule has 39 heavy (non-hydrogen) atoms. The molecule has 0 spiro atoms. The van der Waals surface area contributed by atoms with E-state index in [4.69, 9.17) is 4.79 Å². The molecule has 0 unspecified atom stereocenters. The smallest absolute Gasteiger partial charge is 0.254 e. The van der Waals surface area contributed by atoms with Gasteiger partial charge in [-0.05, 0) is 43.0 Å². The van der Waals surface area contributed by atoms with E-state index in [-0.39, 0.29) is 11.8 Å². The van der Waals surface area contributed by atoms with Crippen molar-refractivity contribution in [2.24, 2.45) is 0 Å². The minimum absolute atomic E-state index is 0.00123. The molecule has 214 valence electrons. The van der Waals surface area contributed by atoms with Gasteiger partial charge in [0, 0.05) is 33.6 Å². The summed E-state index contributed by atoms with van der Waals surface area (Å²) in [6.07, 6.45) is 7.69. The standard InChI is InChI=1S/C30H43N3O2.C2H5NO/c1-5-7-9-13-21-33-24(3)28(34)32(4)30(29(33)35,22-25-14-11-10-12-15-25)27-18-16-26(17-19-27)23-31-20-8-6-2;1-3-2-4/h10-12,14-19,24,31H,5-9,13,20-23H2,1-4H3;2H,1H3,(H,3,4)/t24-,30-;/m0./s1. The molecular weight excluding hydrogens is 488 g/mol. The topological polar surface area (TPSA) is 81.8 Å². The first-order chi connectivity index (χ1) is 18.9. The quantitative estimate of drug-likeness (QED) is 0.272. The summed E-state index contributed by atoms with van der Waals surface area (Å²) in [6.45, 7) is 8.66. The Balaban J connectivity index is 0.00000124. The maximum Gasteiger partial charge on any atom is 0.254 e. The van der Waals surface area contributed by atoms with E-state index in [0.717, 1.165) is 56.3 Å². The lowest BCUT2D eigenvalue weighted by Crippen LogP contribution is -2.69. The second-order valence-corrected chi connectivity index (χ2v) is 10.3. The molecule has 1 aliphatic rings. The number of likely N-dealkylation sites (N-methyl/N-ethyl adjacent to an activating group) is 1. The largest absolute Gasteiger partial charge is 0.362 e. The molecule has 0 saturated carbocycles. The van der Waals surface area contributed by atoms with E-state index < -0.39 is 11.6 Å². The van der Waals surface area contributed by atoms with Crippen LogP contribution in [0.1, 0.15) is 76.0 Å². The molecule has 2 aromatic rings. The Hall–Kier alpha value is -3.19. The number of rotatable bonds is 14. The molecule has 7 heteroatoms. The zero-order chi connectivity index (χ0) is 28.7. The van der Waals surface area contributed by atoms with Crippen LogP contribution in [0.25, 0.3) is 0 Å². The molecule has 3 rings (SSSR count). The first-order valence-electron chi connectivity index (χ1n) is 14.4. The van der Waals surface area contributed by atoms with Gasteiger partial charge in [0.15, 0.2) is 5.54 Å². The minimum Gasteiger partial charge on any atom is -0.362 e. The lowest BCUT2D eigenvalue weighted by atomic mass is 9.78. The maximum absolute atomic E-state index is 14.3. The highest BCUT2D eigenvalue weighted by Gasteiger charge is 2.54. The number of nitrogens with zero attached hydrogens (tertiary/aromatic N) is 2. The van der Waals surface area contributed by atoms with Crippen molar-refractivity contribution in [1.29, 1.82) is 0 Å². The van der Waals surface area contributed by atoms with Crippen LogP contribution in [-0.2, 0) is 32.9 Å². The highest BCUT2D eigenvalue weighted by atomic mass is 16.2. The summed E-state index contributed by atoms with van der Waals surface area (Å²) in [5.74, 6) is 0.0302. The summed E-state index contributed by atoms with van der Waals surface area (Å²) < 4.78 is 0. The zero-order valence-corrected chi connectivity index (χ0v) is 24.5. The summed E-state index contributed by atoms with van der Waals surface area (Å²) in [6, 6.07) is 17.9. The maximum atomic E-state index is 14.3. The Bertz CT molecular complexity index is 1010. The molecule has 2 atom stereocenters. The van der Waals surface area contributed by atoms with Gasteiger partial charge in [-0.2, -0.15) is 0 Å². The van der Waals surface area contributed by atoms with Crippen LogP contribution in [0.5, 0.6) is 0 Å². The van der Waals surface area contributed by atoms with Crippen LogP contribution in [-0.4, -0.2) is 61.3 Å². The van der Waals surface area contributed by atoms with E-state index in [9.17, 15) is 9.59 Å². The fourth-order valence-electron chi connectivity index (χ4n) is 5.10. The third-order valence-corrected chi connectivity index (χ3v) is 7.48. The van der Waals surface area contributed by atoms with Crippen molar-refractivity contribution < 1.29 is 14.4 Å². The SMILES string of the molecule is CCCCCCN1C(=O)[C@](Cc2ccccc2)(c2ccc(CNCCCC)cc2)N(C)C(=O)[C@@H]1C.CNC=O. The zero-order valence-electron chi connectivity index (χ0n) is 24.5. The average molecular weight is 537 g/mol. The Morgan fingerprint density at radius 1 is 0.897 bits per heavy atom. The second-order valence-electron chi connectivity index (χ2n) is 10.3. The molecule has 1 heterocycles. The normalized spacial score (nSPS) is 18.9. The van der Waals surface area contributed by atoms with Crippen LogP contribution >= 0.6 is 0 Å². The number of carbonyl (C=O) groups is 3. The van der Waals surface area contributed by atoms with E-state index in [1.165, 1.54) is 12.0 Å². The highest BCUT2D eigenvalue weighted by molar-refractivity contribution is 6.00. The van der Waals surface area contributed by atoms with Crippen molar-refractivity contribution in [1.82, 2.24) is 20.4 Å². The predicted molar refractivity (Wildman–Crippen MR) is 158 cm³/mol. The van der Waals surface area contributed by atoms with Crippen LogP contribution in [0.3, 0.4) is 0 Å². The average Bonchev–Trinajstić information content (AvgIpc) is 2.97. The fourth-order valence-corrected chi connectivity index (χ4v) is 5.10. The Labute approximate surface area is 235 Å². The van der Waals surface area contributed by atoms with Crippen LogP contribution in [0, 0.1) is 0 Å². The number of hydrogen-bond donors (Lipinski definition) is 2. The third-order valence-electron chi connectivity index (χ3n) is 7.48. The molecular formula is C32H48N4O3. The first kappa shape index (κ1) is 32.0. The summed E-state index contributed by atoms with van der Waals surface area (Å²) in [4.78, 5) is 40.5. The summed E-state index contributed by atoms with van der Waals surface area (Å²) in [7, 11) is 3.36. The van der Waals surface area contributed by atoms with E-state index in [1.54, 1.807) is 19.0 Å². The number of piperazine rings is 1. The monoisotopic (exact) mass is 536 g/mol. The molecule has 2 N–H and O–H groups in total. The first-order valence-corrected chi connectivity index (χ1v) is 14.4. The van der Waals surface area contributed by atoms with E-state index in [1.807, 2.05) is 54.3 Å². The van der Waals surface area contributed by atoms with Gasteiger partial charge in [-0.25, -0.2) is 0 Å². The Morgan fingerprint density at radius 3 is 2.13 bits per heavy atom. The van der Waals surface area contributed by atoms with Gasteiger partial charge in [0.05, 0.1) is 0 Å². The molecule has 1 aliphatic heterocycles. The molecule has 7 nitrogen and oxygen atoms in total. The van der Waals surface area contributed by atoms with Gasteiger partial charge < -0.3 is 20.4 Å². The number of benzene rings is 2. The van der Waals surface area contributed by atoms with Gasteiger partial charge in [0.2, 0.25) is 12.3 Å². The number of amides is 3. The molecule has 0 bridgehead atoms. The lowest BCUT2D eigenvalue weighted by Gasteiger charge is -2.51. The van der Waals surface area contributed by atoms with Crippen LogP contribution in [0.4, 0.5) is 0 Å². The van der Waals surface area contributed by atoms with Crippen molar-refractivity contribution >= 4 is 18.2 Å². The van der Waals surface area contributed by atoms with Crippen LogP contribution in [0.2, 0.25) is 0 Å². The van der Waals surface area contributed by atoms with Gasteiger partial charge in [-0.3, -0.25) is 14.4 Å². The fraction of sp³-hybridized carbons (Fsp3) is 0.531. The Morgan fingerprint density at radius 2 is 1.54 bits per heavy atom. The van der Waals surface area contributed by atoms with Gasteiger partial charge in [-0.15, -0.1) is 0 Å². The molecule has 0 radical (unpaired) electrons. The number of hydrogen-bond acceptors (Lipinski definition) is 4.